The third-order valence-corrected chi connectivity index (χ3v) is 6.32. The van der Waals surface area contributed by atoms with E-state index in [0.29, 0.717) is 35.0 Å². The Kier molecular flexibility index (Phi) is 7.35. The Balaban J connectivity index is 2.15. The zero-order chi connectivity index (χ0) is 20.8. The van der Waals surface area contributed by atoms with Crippen molar-refractivity contribution in [2.24, 2.45) is 4.99 Å². The van der Waals surface area contributed by atoms with Crippen LogP contribution in [0.3, 0.4) is 0 Å². The van der Waals surface area contributed by atoms with Crippen molar-refractivity contribution in [2.45, 2.75) is 18.4 Å². The minimum atomic E-state index is -0.252. The molecule has 3 aromatic rings. The molecule has 1 amide bonds. The quantitative estimate of drug-likeness (QED) is 0.499. The van der Waals surface area contributed by atoms with Gasteiger partial charge in [0, 0.05) is 30.7 Å². The molecule has 29 heavy (non-hydrogen) atoms. The summed E-state index contributed by atoms with van der Waals surface area (Å²) in [5.74, 6) is 1.91. The van der Waals surface area contributed by atoms with Crippen LogP contribution in [0.1, 0.15) is 17.3 Å². The number of hydrogen-bond acceptors (Lipinski definition) is 6. The predicted molar refractivity (Wildman–Crippen MR) is 118 cm³/mol. The van der Waals surface area contributed by atoms with Crippen LogP contribution in [0.25, 0.3) is 10.2 Å². The Morgan fingerprint density at radius 1 is 1.14 bits per heavy atom. The first-order chi connectivity index (χ1) is 14.1. The molecule has 0 aliphatic carbocycles. The maximum Gasteiger partial charge on any atom is 0.280 e. The molecule has 0 atom stereocenters. The number of aromatic nitrogens is 1. The Labute approximate surface area is 178 Å². The van der Waals surface area contributed by atoms with Crippen molar-refractivity contribution in [3.05, 3.63) is 46.8 Å². The number of thioether (sulfide) groups is 1. The summed E-state index contributed by atoms with van der Waals surface area (Å²) in [7, 11) is 4.86. The molecule has 0 aliphatic heterocycles. The molecule has 0 bridgehead atoms. The van der Waals surface area contributed by atoms with Gasteiger partial charge in [-0.15, -0.1) is 11.8 Å². The van der Waals surface area contributed by atoms with Crippen molar-refractivity contribution in [2.75, 3.05) is 33.7 Å². The molecule has 1 aromatic heterocycles. The fourth-order valence-corrected chi connectivity index (χ4v) is 4.81. The lowest BCUT2D eigenvalue weighted by molar-refractivity contribution is 0.0994. The smallest absolute Gasteiger partial charge is 0.280 e. The number of thiazole rings is 1. The molecule has 0 spiro atoms. The molecule has 2 aromatic carbocycles. The highest BCUT2D eigenvalue weighted by Gasteiger charge is 2.15. The second-order valence-corrected chi connectivity index (χ2v) is 8.37. The summed E-state index contributed by atoms with van der Waals surface area (Å²) >= 11 is 3.08. The van der Waals surface area contributed by atoms with Crippen molar-refractivity contribution < 1.29 is 19.0 Å². The third kappa shape index (κ3) is 4.66. The molecular weight excluding hydrogens is 408 g/mol. The molecule has 0 saturated carbocycles. The minimum Gasteiger partial charge on any atom is -0.493 e. The topological polar surface area (TPSA) is 62.0 Å². The summed E-state index contributed by atoms with van der Waals surface area (Å²) in [6, 6.07) is 11.4. The van der Waals surface area contributed by atoms with Crippen LogP contribution in [-0.2, 0) is 11.3 Å². The van der Waals surface area contributed by atoms with E-state index in [1.165, 1.54) is 11.3 Å². The van der Waals surface area contributed by atoms with Gasteiger partial charge in [-0.1, -0.05) is 30.4 Å². The van der Waals surface area contributed by atoms with E-state index in [-0.39, 0.29) is 5.91 Å². The van der Waals surface area contributed by atoms with Gasteiger partial charge in [-0.3, -0.25) is 4.79 Å². The molecule has 154 valence electrons. The van der Waals surface area contributed by atoms with Crippen molar-refractivity contribution in [3.8, 4) is 11.5 Å². The average Bonchev–Trinajstić information content (AvgIpc) is 3.07. The van der Waals surface area contributed by atoms with Crippen LogP contribution in [0.15, 0.2) is 46.3 Å². The first-order valence-corrected chi connectivity index (χ1v) is 11.0. The summed E-state index contributed by atoms with van der Waals surface area (Å²) in [6.07, 6.45) is 0. The maximum absolute atomic E-state index is 13.0. The number of nitrogens with zero attached hydrogens (tertiary/aromatic N) is 2. The van der Waals surface area contributed by atoms with Crippen LogP contribution in [0.4, 0.5) is 0 Å². The van der Waals surface area contributed by atoms with Gasteiger partial charge in [0.15, 0.2) is 16.3 Å². The number of methoxy groups -OCH3 is 3. The van der Waals surface area contributed by atoms with Gasteiger partial charge in [-0.05, 0) is 17.9 Å². The lowest BCUT2D eigenvalue weighted by Gasteiger charge is -2.09. The molecule has 0 unspecified atom stereocenters. The zero-order valence-electron chi connectivity index (χ0n) is 16.9. The van der Waals surface area contributed by atoms with Crippen LogP contribution in [-0.4, -0.2) is 44.2 Å². The highest BCUT2D eigenvalue weighted by atomic mass is 32.2. The minimum absolute atomic E-state index is 0.252. The molecule has 6 nitrogen and oxygen atoms in total. The molecule has 0 fully saturated rings. The van der Waals surface area contributed by atoms with Gasteiger partial charge in [-0.25, -0.2) is 0 Å². The van der Waals surface area contributed by atoms with E-state index in [4.69, 9.17) is 14.2 Å². The van der Waals surface area contributed by atoms with E-state index >= 15 is 0 Å². The molecule has 8 heteroatoms. The Bertz CT molecular complexity index is 1070. The van der Waals surface area contributed by atoms with Crippen LogP contribution in [0, 0.1) is 0 Å². The summed E-state index contributed by atoms with van der Waals surface area (Å²) in [6.45, 7) is 3.14. The number of rotatable bonds is 8. The van der Waals surface area contributed by atoms with Gasteiger partial charge in [0.05, 0.1) is 36.6 Å². The monoisotopic (exact) mass is 432 g/mol. The van der Waals surface area contributed by atoms with Crippen LogP contribution in [0.2, 0.25) is 0 Å². The predicted octanol–water partition coefficient (Wildman–Crippen LogP) is 4.22. The summed E-state index contributed by atoms with van der Waals surface area (Å²) in [5, 5.41) is 0. The van der Waals surface area contributed by atoms with Crippen molar-refractivity contribution in [3.63, 3.8) is 0 Å². The largest absolute Gasteiger partial charge is 0.493 e. The van der Waals surface area contributed by atoms with Crippen molar-refractivity contribution in [1.82, 2.24) is 4.57 Å². The van der Waals surface area contributed by atoms with Crippen molar-refractivity contribution >= 4 is 39.2 Å². The number of hydrogen-bond donors (Lipinski definition) is 0. The molecular formula is C21H24N2O4S2. The number of carbonyl (C=O) groups is 1. The van der Waals surface area contributed by atoms with Gasteiger partial charge in [-0.2, -0.15) is 4.99 Å². The van der Waals surface area contributed by atoms with E-state index in [0.717, 1.165) is 20.9 Å². The summed E-state index contributed by atoms with van der Waals surface area (Å²) < 4.78 is 19.1. The fraction of sp³-hybridized carbons (Fsp3) is 0.333. The Morgan fingerprint density at radius 2 is 1.86 bits per heavy atom. The summed E-state index contributed by atoms with van der Waals surface area (Å²) in [4.78, 5) is 19.0. The normalized spacial score (nSPS) is 11.8. The van der Waals surface area contributed by atoms with Gasteiger partial charge in [0.1, 0.15) is 0 Å². The third-order valence-electron chi connectivity index (χ3n) is 4.32. The van der Waals surface area contributed by atoms with Gasteiger partial charge < -0.3 is 18.8 Å². The molecule has 3 rings (SSSR count). The molecule has 0 radical (unpaired) electrons. The first-order valence-electron chi connectivity index (χ1n) is 9.18. The Hall–Kier alpha value is -2.29. The average molecular weight is 433 g/mol. The van der Waals surface area contributed by atoms with E-state index < -0.39 is 0 Å². The van der Waals surface area contributed by atoms with E-state index in [2.05, 4.69) is 11.9 Å². The number of benzene rings is 2. The van der Waals surface area contributed by atoms with Gasteiger partial charge in [0.25, 0.3) is 5.91 Å². The van der Waals surface area contributed by atoms with Crippen LogP contribution >= 0.6 is 23.1 Å². The highest BCUT2D eigenvalue weighted by Crippen LogP contribution is 2.33. The molecule has 0 saturated heterocycles. The first kappa shape index (κ1) is 21.4. The van der Waals surface area contributed by atoms with Gasteiger partial charge in [0.2, 0.25) is 0 Å². The molecule has 0 N–H and O–H groups in total. The Morgan fingerprint density at radius 3 is 2.55 bits per heavy atom. The summed E-state index contributed by atoms with van der Waals surface area (Å²) in [5.41, 5.74) is 1.54. The highest BCUT2D eigenvalue weighted by molar-refractivity contribution is 7.99. The van der Waals surface area contributed by atoms with Gasteiger partial charge >= 0.3 is 0 Å². The van der Waals surface area contributed by atoms with E-state index in [9.17, 15) is 4.79 Å². The fourth-order valence-electron chi connectivity index (χ4n) is 2.95. The molecule has 0 aliphatic rings. The van der Waals surface area contributed by atoms with Crippen molar-refractivity contribution in [1.29, 1.82) is 0 Å². The lowest BCUT2D eigenvalue weighted by Crippen LogP contribution is -2.19. The SMILES string of the molecule is CCSc1ccccc1C(=O)N=c1sc2cc(OC)c(OC)cc2n1CCOC. The van der Waals surface area contributed by atoms with Crippen LogP contribution in [0.5, 0.6) is 11.5 Å². The number of carbonyl (C=O) groups excluding carboxylic acids is 1. The number of amides is 1. The number of ether oxygens (including phenoxy) is 3. The maximum atomic E-state index is 13.0. The van der Waals surface area contributed by atoms with E-state index in [1.807, 2.05) is 41.0 Å². The standard InChI is InChI=1S/C21H24N2O4S2/c1-5-28-18-9-7-6-8-14(18)20(24)22-21-23(10-11-25-2)15-12-16(26-3)17(27-4)13-19(15)29-21/h6-9,12-13H,5,10-11H2,1-4H3. The second kappa shape index (κ2) is 9.96. The lowest BCUT2D eigenvalue weighted by atomic mass is 10.2. The number of fused-ring (bicyclic) bond motifs is 1. The second-order valence-electron chi connectivity index (χ2n) is 6.05. The van der Waals surface area contributed by atoms with E-state index in [1.54, 1.807) is 33.1 Å². The van der Waals surface area contributed by atoms with Crippen LogP contribution < -0.4 is 14.3 Å². The molecule has 1 heterocycles. The zero-order valence-corrected chi connectivity index (χ0v) is 18.6.